The van der Waals surface area contributed by atoms with Gasteiger partial charge in [0.1, 0.15) is 0 Å². The van der Waals surface area contributed by atoms with Crippen LogP contribution in [0.5, 0.6) is 0 Å². The number of carbonyl (C=O) groups excluding carboxylic acids is 1. The predicted octanol–water partition coefficient (Wildman–Crippen LogP) is 8.17. The van der Waals surface area contributed by atoms with Crippen LogP contribution >= 0.6 is 0 Å². The highest BCUT2D eigenvalue weighted by Crippen LogP contribution is 2.14. The Morgan fingerprint density at radius 3 is 1.25 bits per heavy atom. The van der Waals surface area contributed by atoms with E-state index >= 15 is 0 Å². The number of unbranched alkanes of at least 4 members (excludes halogenated alkanes) is 17. The second-order valence-corrected chi connectivity index (χ2v) is 7.46. The Hall–Kier alpha value is -0.590. The number of carbonyl (C=O) groups is 1. The van der Waals surface area contributed by atoms with Gasteiger partial charge in [0.15, 0.2) is 5.78 Å². The molecule has 0 aromatic carbocycles. The summed E-state index contributed by atoms with van der Waals surface area (Å²) in [6.07, 6.45) is 28.9. The van der Waals surface area contributed by atoms with Gasteiger partial charge in [0, 0.05) is 0 Å². The van der Waals surface area contributed by atoms with E-state index in [0.29, 0.717) is 0 Å². The van der Waals surface area contributed by atoms with Gasteiger partial charge < -0.3 is 0 Å². The van der Waals surface area contributed by atoms with Gasteiger partial charge in [0.05, 0.1) is 0 Å². The smallest absolute Gasteiger partial charge is 0.152 e. The van der Waals surface area contributed by atoms with Crippen LogP contribution in [0.15, 0.2) is 12.2 Å². The van der Waals surface area contributed by atoms with E-state index in [1.54, 1.807) is 13.0 Å². The molecule has 0 aliphatic carbocycles. The number of hydrogen-bond donors (Lipinski definition) is 0. The molecule has 0 aliphatic rings. The van der Waals surface area contributed by atoms with Crippen LogP contribution in [0.2, 0.25) is 0 Å². The van der Waals surface area contributed by atoms with Crippen molar-refractivity contribution < 1.29 is 4.79 Å². The van der Waals surface area contributed by atoms with Gasteiger partial charge in [-0.15, -0.1) is 0 Å². The zero-order valence-corrected chi connectivity index (χ0v) is 16.8. The normalized spacial score (nSPS) is 11.4. The molecule has 0 aromatic rings. The molecule has 0 unspecified atom stereocenters. The molecule has 0 N–H and O–H groups in total. The van der Waals surface area contributed by atoms with Crippen molar-refractivity contribution >= 4 is 5.78 Å². The molecule has 0 spiro atoms. The topological polar surface area (TPSA) is 17.1 Å². The van der Waals surface area contributed by atoms with Crippen LogP contribution in [0.4, 0.5) is 0 Å². The number of allylic oxidation sites excluding steroid dienone is 2. The third-order valence-electron chi connectivity index (χ3n) is 4.83. The Kier molecular flexibility index (Phi) is 20.0. The predicted molar refractivity (Wildman–Crippen MR) is 109 cm³/mol. The lowest BCUT2D eigenvalue weighted by Crippen LogP contribution is -1.84. The molecular weight excluding hydrogens is 292 g/mol. The standard InChI is InChI=1S/C23H44O/c1-3-4-5-6-7-8-9-10-11-12-13-14-15-16-17-18-19-20-21-22-23(2)24/h21-22H,3-20H2,1-2H3. The molecule has 1 nitrogen and oxygen atoms in total. The van der Waals surface area contributed by atoms with Crippen LogP contribution in [-0.2, 0) is 4.79 Å². The summed E-state index contributed by atoms with van der Waals surface area (Å²) < 4.78 is 0. The number of ketones is 1. The molecule has 0 fully saturated rings. The van der Waals surface area contributed by atoms with Gasteiger partial charge in [-0.25, -0.2) is 0 Å². The van der Waals surface area contributed by atoms with Crippen LogP contribution in [0.3, 0.4) is 0 Å². The fourth-order valence-corrected chi connectivity index (χ4v) is 3.24. The number of hydrogen-bond acceptors (Lipinski definition) is 1. The van der Waals surface area contributed by atoms with E-state index in [2.05, 4.69) is 6.92 Å². The minimum atomic E-state index is 0.168. The van der Waals surface area contributed by atoms with Crippen LogP contribution < -0.4 is 0 Å². The third-order valence-corrected chi connectivity index (χ3v) is 4.83. The molecule has 0 saturated carbocycles. The van der Waals surface area contributed by atoms with E-state index in [9.17, 15) is 4.79 Å². The largest absolute Gasteiger partial charge is 0.295 e. The summed E-state index contributed by atoms with van der Waals surface area (Å²) in [5.41, 5.74) is 0. The highest BCUT2D eigenvalue weighted by atomic mass is 16.1. The summed E-state index contributed by atoms with van der Waals surface area (Å²) in [5.74, 6) is 0.168. The van der Waals surface area contributed by atoms with Gasteiger partial charge in [-0.2, -0.15) is 0 Å². The minimum Gasteiger partial charge on any atom is -0.295 e. The quantitative estimate of drug-likeness (QED) is 0.172. The first kappa shape index (κ1) is 23.4. The highest BCUT2D eigenvalue weighted by molar-refractivity contribution is 5.87. The maximum atomic E-state index is 10.7. The van der Waals surface area contributed by atoms with Gasteiger partial charge in [0.2, 0.25) is 0 Å². The summed E-state index contributed by atoms with van der Waals surface area (Å²) in [5, 5.41) is 0. The Balaban J connectivity index is 3.01. The summed E-state index contributed by atoms with van der Waals surface area (Å²) in [6.45, 7) is 3.90. The monoisotopic (exact) mass is 336 g/mol. The minimum absolute atomic E-state index is 0.168. The molecule has 0 saturated heterocycles. The van der Waals surface area contributed by atoms with Crippen molar-refractivity contribution in [3.63, 3.8) is 0 Å². The molecule has 0 radical (unpaired) electrons. The zero-order valence-electron chi connectivity index (χ0n) is 16.8. The molecule has 0 heterocycles. The SMILES string of the molecule is CCCCCCCCCCCCCCCCCCCC=CC(C)=O. The van der Waals surface area contributed by atoms with E-state index in [1.807, 2.05) is 6.08 Å². The summed E-state index contributed by atoms with van der Waals surface area (Å²) in [6, 6.07) is 0. The summed E-state index contributed by atoms with van der Waals surface area (Å²) in [4.78, 5) is 10.7. The first-order chi connectivity index (χ1) is 11.8. The molecule has 0 amide bonds. The Morgan fingerprint density at radius 1 is 0.583 bits per heavy atom. The van der Waals surface area contributed by atoms with Crippen molar-refractivity contribution in [1.82, 2.24) is 0 Å². The van der Waals surface area contributed by atoms with Gasteiger partial charge in [0.25, 0.3) is 0 Å². The second-order valence-electron chi connectivity index (χ2n) is 7.46. The van der Waals surface area contributed by atoms with Crippen molar-refractivity contribution in [3.8, 4) is 0 Å². The van der Waals surface area contributed by atoms with Crippen molar-refractivity contribution in [2.24, 2.45) is 0 Å². The average Bonchev–Trinajstić information content (AvgIpc) is 2.56. The fourth-order valence-electron chi connectivity index (χ4n) is 3.24. The summed E-state index contributed by atoms with van der Waals surface area (Å²) in [7, 11) is 0. The first-order valence-electron chi connectivity index (χ1n) is 10.9. The van der Waals surface area contributed by atoms with Gasteiger partial charge >= 0.3 is 0 Å². The van der Waals surface area contributed by atoms with Crippen LogP contribution in [0.1, 0.15) is 129 Å². The lowest BCUT2D eigenvalue weighted by Gasteiger charge is -2.03. The molecule has 1 heteroatoms. The van der Waals surface area contributed by atoms with Crippen LogP contribution in [0.25, 0.3) is 0 Å². The zero-order chi connectivity index (χ0) is 17.7. The third kappa shape index (κ3) is 21.4. The molecule has 142 valence electrons. The van der Waals surface area contributed by atoms with Gasteiger partial charge in [-0.3, -0.25) is 4.79 Å². The van der Waals surface area contributed by atoms with Gasteiger partial charge in [-0.05, 0) is 25.8 Å². The van der Waals surface area contributed by atoms with E-state index in [0.717, 1.165) is 6.42 Å². The molecule has 0 aliphatic heterocycles. The molecule has 0 atom stereocenters. The fraction of sp³-hybridized carbons (Fsp3) is 0.870. The maximum Gasteiger partial charge on any atom is 0.152 e. The molecular formula is C23H44O. The van der Waals surface area contributed by atoms with E-state index in [-0.39, 0.29) is 5.78 Å². The average molecular weight is 337 g/mol. The van der Waals surface area contributed by atoms with Crippen LogP contribution in [-0.4, -0.2) is 5.78 Å². The molecule has 0 rings (SSSR count). The first-order valence-corrected chi connectivity index (χ1v) is 10.9. The van der Waals surface area contributed by atoms with Crippen molar-refractivity contribution in [2.75, 3.05) is 0 Å². The van der Waals surface area contributed by atoms with Crippen molar-refractivity contribution in [2.45, 2.75) is 129 Å². The Morgan fingerprint density at radius 2 is 0.917 bits per heavy atom. The summed E-state index contributed by atoms with van der Waals surface area (Å²) >= 11 is 0. The lowest BCUT2D eigenvalue weighted by atomic mass is 10.0. The number of rotatable bonds is 19. The molecule has 24 heavy (non-hydrogen) atoms. The lowest BCUT2D eigenvalue weighted by molar-refractivity contribution is -0.112. The van der Waals surface area contributed by atoms with E-state index in [4.69, 9.17) is 0 Å². The molecule has 0 aromatic heterocycles. The second kappa shape index (κ2) is 20.5. The van der Waals surface area contributed by atoms with Crippen LogP contribution in [0, 0.1) is 0 Å². The Bertz CT molecular complexity index is 280. The maximum absolute atomic E-state index is 10.7. The van der Waals surface area contributed by atoms with E-state index < -0.39 is 0 Å². The van der Waals surface area contributed by atoms with Crippen molar-refractivity contribution in [3.05, 3.63) is 12.2 Å². The van der Waals surface area contributed by atoms with E-state index in [1.165, 1.54) is 109 Å². The highest BCUT2D eigenvalue weighted by Gasteiger charge is 1.94. The molecule has 0 bridgehead atoms. The Labute approximate surface area is 152 Å². The van der Waals surface area contributed by atoms with Gasteiger partial charge in [-0.1, -0.05) is 116 Å². The van der Waals surface area contributed by atoms with Crippen molar-refractivity contribution in [1.29, 1.82) is 0 Å².